The lowest BCUT2D eigenvalue weighted by molar-refractivity contribution is 0.318. The molecule has 3 N–H and O–H groups in total. The van der Waals surface area contributed by atoms with Gasteiger partial charge in [-0.25, -0.2) is 8.78 Å². The number of hydrogen-bond acceptors (Lipinski definition) is 3. The molecule has 0 heterocycles. The molecule has 1 aromatic rings. The lowest BCUT2D eigenvalue weighted by Crippen LogP contribution is -2.22. The van der Waals surface area contributed by atoms with Gasteiger partial charge in [-0.2, -0.15) is 0 Å². The van der Waals surface area contributed by atoms with Crippen molar-refractivity contribution in [2.24, 2.45) is 10.9 Å². The van der Waals surface area contributed by atoms with Crippen molar-refractivity contribution in [3.05, 3.63) is 29.3 Å². The average molecular weight is 243 g/mol. The molecule has 17 heavy (non-hydrogen) atoms. The minimum absolute atomic E-state index is 0.0103. The second-order valence-electron chi connectivity index (χ2n) is 3.70. The van der Waals surface area contributed by atoms with Gasteiger partial charge < -0.3 is 15.8 Å². The Morgan fingerprint density at radius 2 is 1.94 bits per heavy atom. The van der Waals surface area contributed by atoms with E-state index < -0.39 is 11.6 Å². The first-order chi connectivity index (χ1) is 8.01. The van der Waals surface area contributed by atoms with Crippen LogP contribution in [0.15, 0.2) is 17.3 Å². The number of benzene rings is 1. The molecule has 0 aliphatic heterocycles. The van der Waals surface area contributed by atoms with Crippen LogP contribution in [0.5, 0.6) is 0 Å². The van der Waals surface area contributed by atoms with E-state index in [1.54, 1.807) is 7.05 Å². The lowest BCUT2D eigenvalue weighted by Gasteiger charge is -2.20. The second kappa shape index (κ2) is 5.47. The summed E-state index contributed by atoms with van der Waals surface area (Å²) in [5.41, 5.74) is 5.17. The molecule has 4 nitrogen and oxygen atoms in total. The van der Waals surface area contributed by atoms with Crippen LogP contribution in [0.3, 0.4) is 0 Å². The Bertz CT molecular complexity index is 412. The van der Waals surface area contributed by atoms with Crippen LogP contribution in [0.4, 0.5) is 14.5 Å². The van der Waals surface area contributed by atoms with Gasteiger partial charge >= 0.3 is 0 Å². The molecule has 0 amide bonds. The maximum Gasteiger partial charge on any atom is 0.170 e. The van der Waals surface area contributed by atoms with Crippen LogP contribution in [-0.2, 0) is 0 Å². The van der Waals surface area contributed by atoms with Crippen LogP contribution < -0.4 is 10.6 Å². The monoisotopic (exact) mass is 243 g/mol. The van der Waals surface area contributed by atoms with Gasteiger partial charge in [-0.3, -0.25) is 0 Å². The Morgan fingerprint density at radius 3 is 2.35 bits per heavy atom. The Balaban J connectivity index is 3.19. The normalized spacial score (nSPS) is 11.6. The second-order valence-corrected chi connectivity index (χ2v) is 3.70. The highest BCUT2D eigenvalue weighted by Crippen LogP contribution is 2.24. The summed E-state index contributed by atoms with van der Waals surface area (Å²) in [5.74, 6) is -1.79. The Labute approximate surface area is 98.3 Å². The summed E-state index contributed by atoms with van der Waals surface area (Å²) in [4.78, 5) is 1.49. The first-order valence-corrected chi connectivity index (χ1v) is 5.19. The smallest absolute Gasteiger partial charge is 0.170 e. The molecule has 0 spiro atoms. The molecule has 0 fully saturated rings. The number of rotatable bonds is 4. The van der Waals surface area contributed by atoms with Gasteiger partial charge in [-0.15, -0.1) is 0 Å². The van der Waals surface area contributed by atoms with E-state index in [1.807, 2.05) is 6.92 Å². The van der Waals surface area contributed by atoms with Crippen LogP contribution in [-0.4, -0.2) is 24.6 Å². The summed E-state index contributed by atoms with van der Waals surface area (Å²) >= 11 is 0. The van der Waals surface area contributed by atoms with Crippen molar-refractivity contribution in [3.8, 4) is 0 Å². The van der Waals surface area contributed by atoms with Crippen molar-refractivity contribution >= 4 is 11.5 Å². The molecule has 0 unspecified atom stereocenters. The van der Waals surface area contributed by atoms with Crippen molar-refractivity contribution in [2.75, 3.05) is 18.5 Å². The van der Waals surface area contributed by atoms with Crippen LogP contribution in [0, 0.1) is 11.6 Å². The van der Waals surface area contributed by atoms with E-state index in [4.69, 9.17) is 10.9 Å². The third kappa shape index (κ3) is 2.83. The highest BCUT2D eigenvalue weighted by atomic mass is 19.1. The standard InChI is InChI=1S/C11H15F2N3O/c1-3-4-16(2)10-8(12)5-7(6-9(10)13)11(14)15-17/h5-6,17H,3-4H2,1-2H3,(H2,14,15). The van der Waals surface area contributed by atoms with Crippen molar-refractivity contribution in [1.29, 1.82) is 0 Å². The highest BCUT2D eigenvalue weighted by Gasteiger charge is 2.16. The molecule has 94 valence electrons. The zero-order chi connectivity index (χ0) is 13.0. The molecular formula is C11H15F2N3O. The van der Waals surface area contributed by atoms with Crippen molar-refractivity contribution in [3.63, 3.8) is 0 Å². The number of oxime groups is 1. The van der Waals surface area contributed by atoms with E-state index >= 15 is 0 Å². The number of anilines is 1. The minimum Gasteiger partial charge on any atom is -0.409 e. The van der Waals surface area contributed by atoms with Crippen molar-refractivity contribution < 1.29 is 14.0 Å². The molecule has 0 saturated carbocycles. The maximum absolute atomic E-state index is 13.7. The summed E-state index contributed by atoms with van der Waals surface area (Å²) in [7, 11) is 1.61. The number of hydrogen-bond donors (Lipinski definition) is 2. The first-order valence-electron chi connectivity index (χ1n) is 5.19. The predicted octanol–water partition coefficient (Wildman–Crippen LogP) is 1.91. The number of nitrogens with zero attached hydrogens (tertiary/aromatic N) is 2. The average Bonchev–Trinajstić information content (AvgIpc) is 2.27. The number of amidine groups is 1. The Hall–Kier alpha value is -1.85. The van der Waals surface area contributed by atoms with Gasteiger partial charge in [0.15, 0.2) is 5.84 Å². The third-order valence-electron chi connectivity index (χ3n) is 2.36. The zero-order valence-electron chi connectivity index (χ0n) is 9.74. The Morgan fingerprint density at radius 1 is 1.41 bits per heavy atom. The van der Waals surface area contributed by atoms with E-state index in [0.29, 0.717) is 6.54 Å². The van der Waals surface area contributed by atoms with E-state index in [1.165, 1.54) is 4.90 Å². The molecular weight excluding hydrogens is 228 g/mol. The maximum atomic E-state index is 13.7. The molecule has 6 heteroatoms. The van der Waals surface area contributed by atoms with Gasteiger partial charge in [0.1, 0.15) is 17.3 Å². The quantitative estimate of drug-likeness (QED) is 0.367. The molecule has 0 aliphatic rings. The Kier molecular flexibility index (Phi) is 4.25. The number of nitrogens with two attached hydrogens (primary N) is 1. The van der Waals surface area contributed by atoms with Gasteiger partial charge in [0.25, 0.3) is 0 Å². The summed E-state index contributed by atoms with van der Waals surface area (Å²) in [6, 6.07) is 2.08. The van der Waals surface area contributed by atoms with Crippen molar-refractivity contribution in [1.82, 2.24) is 0 Å². The fourth-order valence-electron chi connectivity index (χ4n) is 1.58. The third-order valence-corrected chi connectivity index (χ3v) is 2.36. The largest absolute Gasteiger partial charge is 0.409 e. The predicted molar refractivity (Wildman–Crippen MR) is 62.4 cm³/mol. The molecule has 0 saturated heterocycles. The topological polar surface area (TPSA) is 61.8 Å². The summed E-state index contributed by atoms with van der Waals surface area (Å²) < 4.78 is 27.4. The van der Waals surface area contributed by atoms with Gasteiger partial charge in [0.05, 0.1) is 0 Å². The van der Waals surface area contributed by atoms with Gasteiger partial charge in [0, 0.05) is 19.2 Å². The van der Waals surface area contributed by atoms with E-state index in [-0.39, 0.29) is 17.1 Å². The van der Waals surface area contributed by atoms with Crippen LogP contribution in [0.25, 0.3) is 0 Å². The lowest BCUT2D eigenvalue weighted by atomic mass is 10.1. The SMILES string of the molecule is CCCN(C)c1c(F)cc(C(N)=NO)cc1F. The van der Waals surface area contributed by atoms with E-state index in [2.05, 4.69) is 5.16 Å². The van der Waals surface area contributed by atoms with Crippen LogP contribution in [0.1, 0.15) is 18.9 Å². The zero-order valence-corrected chi connectivity index (χ0v) is 9.74. The fourth-order valence-corrected chi connectivity index (χ4v) is 1.58. The molecule has 0 atom stereocenters. The number of halogens is 2. The molecule has 0 aromatic heterocycles. The van der Waals surface area contributed by atoms with Crippen LogP contribution >= 0.6 is 0 Å². The van der Waals surface area contributed by atoms with Crippen molar-refractivity contribution in [2.45, 2.75) is 13.3 Å². The summed E-state index contributed by atoms with van der Waals surface area (Å²) in [6.07, 6.45) is 0.775. The molecule has 0 bridgehead atoms. The molecule has 0 radical (unpaired) electrons. The van der Waals surface area contributed by atoms with E-state index in [9.17, 15) is 8.78 Å². The molecule has 1 aromatic carbocycles. The minimum atomic E-state index is -0.734. The van der Waals surface area contributed by atoms with Gasteiger partial charge in [0.2, 0.25) is 0 Å². The van der Waals surface area contributed by atoms with Gasteiger partial charge in [-0.1, -0.05) is 12.1 Å². The van der Waals surface area contributed by atoms with Gasteiger partial charge in [-0.05, 0) is 18.6 Å². The molecule has 1 rings (SSSR count). The highest BCUT2D eigenvalue weighted by molar-refractivity contribution is 5.97. The first kappa shape index (κ1) is 13.2. The van der Waals surface area contributed by atoms with Crippen LogP contribution in [0.2, 0.25) is 0 Å². The fraction of sp³-hybridized carbons (Fsp3) is 0.364. The molecule has 0 aliphatic carbocycles. The van der Waals surface area contributed by atoms with E-state index in [0.717, 1.165) is 18.6 Å². The summed E-state index contributed by atoms with van der Waals surface area (Å²) in [6.45, 7) is 2.45. The summed E-state index contributed by atoms with van der Waals surface area (Å²) in [5, 5.41) is 11.1.